The lowest BCUT2D eigenvalue weighted by molar-refractivity contribution is -0.169. The molecular weight excluding hydrogens is 634 g/mol. The van der Waals surface area contributed by atoms with E-state index in [0.29, 0.717) is 25.4 Å². The highest BCUT2D eigenvalue weighted by Crippen LogP contribution is 2.49. The van der Waals surface area contributed by atoms with E-state index < -0.39 is 67.6 Å². The highest BCUT2D eigenvalue weighted by atomic mass is 32.2. The van der Waals surface area contributed by atoms with Gasteiger partial charge in [0.15, 0.2) is 0 Å². The van der Waals surface area contributed by atoms with Crippen LogP contribution in [0.15, 0.2) is 0 Å². The number of epoxide rings is 1. The molecule has 272 valence electrons. The maximum Gasteiger partial charge on any atom is 0.311 e. The standard InChI is InChI=1S/C33H57NO12S/c1-9-31(5,26(36)34-22-46-47(40,41)25-13-11-23(2)12-14-25)20-33(7,29(39)43-16-10-15-35)21-32(6,28(38)42-8)19-30(3,4)27(37)45-18-24-17-44-24/h23-25,35H,9-22H2,1-8H3,(H,34,36). The summed E-state index contributed by atoms with van der Waals surface area (Å²) in [7, 11) is -2.67. The Bertz CT molecular complexity index is 1190. The quantitative estimate of drug-likeness (QED) is 0.0473. The summed E-state index contributed by atoms with van der Waals surface area (Å²) in [5.41, 5.74) is -5.26. The first-order chi connectivity index (χ1) is 21.8. The van der Waals surface area contributed by atoms with Crippen LogP contribution >= 0.6 is 0 Å². The number of methoxy groups -OCH3 is 1. The molecule has 1 amide bonds. The van der Waals surface area contributed by atoms with Crippen LogP contribution in [0.3, 0.4) is 0 Å². The SMILES string of the molecule is CCC(C)(CC(C)(CC(C)(CC(C)(C)C(=O)OCC1CO1)C(=O)OC)C(=O)OCCCO)C(=O)NCOS(=O)(=O)C1CCC(C)CC1. The van der Waals surface area contributed by atoms with E-state index in [9.17, 15) is 32.7 Å². The van der Waals surface area contributed by atoms with Crippen LogP contribution in [-0.4, -0.2) is 89.0 Å². The van der Waals surface area contributed by atoms with Crippen molar-refractivity contribution in [3.8, 4) is 0 Å². The number of aliphatic hydroxyl groups excluding tert-OH is 1. The molecule has 1 aliphatic heterocycles. The van der Waals surface area contributed by atoms with Crippen molar-refractivity contribution in [2.45, 2.75) is 118 Å². The highest BCUT2D eigenvalue weighted by Gasteiger charge is 2.53. The Kier molecular flexibility index (Phi) is 14.7. The van der Waals surface area contributed by atoms with E-state index in [1.165, 1.54) is 7.11 Å². The van der Waals surface area contributed by atoms with Gasteiger partial charge in [-0.3, -0.25) is 19.2 Å². The second-order valence-electron chi connectivity index (χ2n) is 14.9. The van der Waals surface area contributed by atoms with Crippen molar-refractivity contribution in [1.29, 1.82) is 0 Å². The first-order valence-electron chi connectivity index (χ1n) is 16.6. The van der Waals surface area contributed by atoms with Crippen molar-refractivity contribution >= 4 is 33.9 Å². The number of hydrogen-bond donors (Lipinski definition) is 2. The van der Waals surface area contributed by atoms with Crippen LogP contribution in [0.5, 0.6) is 0 Å². The van der Waals surface area contributed by atoms with Crippen LogP contribution in [-0.2, 0) is 52.4 Å². The molecule has 13 nitrogen and oxygen atoms in total. The zero-order valence-electron chi connectivity index (χ0n) is 29.5. The van der Waals surface area contributed by atoms with Gasteiger partial charge in [0.2, 0.25) is 5.91 Å². The van der Waals surface area contributed by atoms with E-state index >= 15 is 0 Å². The monoisotopic (exact) mass is 691 g/mol. The molecule has 2 rings (SSSR count). The van der Waals surface area contributed by atoms with E-state index in [4.69, 9.17) is 23.1 Å². The molecule has 0 radical (unpaired) electrons. The van der Waals surface area contributed by atoms with Crippen LogP contribution < -0.4 is 5.32 Å². The summed E-state index contributed by atoms with van der Waals surface area (Å²) in [6.07, 6.45) is 2.60. The maximum absolute atomic E-state index is 13.8. The molecule has 14 heteroatoms. The third-order valence-electron chi connectivity index (χ3n) is 9.61. The van der Waals surface area contributed by atoms with Gasteiger partial charge in [-0.25, -0.2) is 4.18 Å². The van der Waals surface area contributed by atoms with Crippen LogP contribution in [0.25, 0.3) is 0 Å². The van der Waals surface area contributed by atoms with Crippen molar-refractivity contribution in [2.75, 3.05) is 40.3 Å². The molecule has 0 spiro atoms. The number of ether oxygens (including phenoxy) is 4. The Hall–Kier alpha value is -2.29. The van der Waals surface area contributed by atoms with Crippen molar-refractivity contribution in [3.63, 3.8) is 0 Å². The van der Waals surface area contributed by atoms with Gasteiger partial charge >= 0.3 is 17.9 Å². The zero-order chi connectivity index (χ0) is 35.7. The fourth-order valence-electron chi connectivity index (χ4n) is 6.73. The number of nitrogens with one attached hydrogen (secondary N) is 1. The van der Waals surface area contributed by atoms with E-state index in [2.05, 4.69) is 12.2 Å². The van der Waals surface area contributed by atoms with Gasteiger partial charge in [-0.1, -0.05) is 20.8 Å². The Morgan fingerprint density at radius 2 is 1.45 bits per heavy atom. The van der Waals surface area contributed by atoms with Gasteiger partial charge in [-0.05, 0) is 85.0 Å². The smallest absolute Gasteiger partial charge is 0.311 e. The predicted molar refractivity (Wildman–Crippen MR) is 172 cm³/mol. The average molecular weight is 692 g/mol. The lowest BCUT2D eigenvalue weighted by Crippen LogP contribution is -2.49. The van der Waals surface area contributed by atoms with Crippen LogP contribution in [0.1, 0.15) is 106 Å². The molecule has 2 fully saturated rings. The topological polar surface area (TPSA) is 184 Å². The number of aliphatic hydroxyl groups is 1. The lowest BCUT2D eigenvalue weighted by Gasteiger charge is -2.42. The van der Waals surface area contributed by atoms with Crippen molar-refractivity contribution in [1.82, 2.24) is 5.32 Å². The minimum Gasteiger partial charge on any atom is -0.469 e. The minimum atomic E-state index is -3.89. The van der Waals surface area contributed by atoms with Crippen LogP contribution in [0.4, 0.5) is 0 Å². The van der Waals surface area contributed by atoms with Gasteiger partial charge in [-0.2, -0.15) is 8.42 Å². The van der Waals surface area contributed by atoms with E-state index in [-0.39, 0.29) is 58.0 Å². The summed E-state index contributed by atoms with van der Waals surface area (Å²) in [5, 5.41) is 11.2. The molecule has 2 aliphatic rings. The Morgan fingerprint density at radius 3 is 1.98 bits per heavy atom. The number of carbonyl (C=O) groups excluding carboxylic acids is 4. The fourth-order valence-corrected chi connectivity index (χ4v) is 8.00. The van der Waals surface area contributed by atoms with E-state index in [1.54, 1.807) is 41.5 Å². The summed E-state index contributed by atoms with van der Waals surface area (Å²) >= 11 is 0. The first-order valence-corrected chi connectivity index (χ1v) is 18.1. The van der Waals surface area contributed by atoms with Crippen molar-refractivity contribution in [2.24, 2.45) is 27.6 Å². The fraction of sp³-hybridized carbons (Fsp3) is 0.879. The predicted octanol–water partition coefficient (Wildman–Crippen LogP) is 3.65. The molecule has 1 heterocycles. The molecular formula is C33H57NO12S. The average Bonchev–Trinajstić information content (AvgIpc) is 3.83. The van der Waals surface area contributed by atoms with Gasteiger partial charge in [0, 0.05) is 18.4 Å². The van der Waals surface area contributed by atoms with Gasteiger partial charge < -0.3 is 29.4 Å². The number of amides is 1. The maximum atomic E-state index is 13.8. The normalized spacial score (nSPS) is 23.7. The molecule has 0 aromatic carbocycles. The zero-order valence-corrected chi connectivity index (χ0v) is 30.3. The Labute approximate surface area is 280 Å². The second kappa shape index (κ2) is 16.9. The Balaban J connectivity index is 2.30. The molecule has 47 heavy (non-hydrogen) atoms. The molecule has 0 aromatic rings. The molecule has 0 bridgehead atoms. The van der Waals surface area contributed by atoms with E-state index in [0.717, 1.165) is 12.8 Å². The summed E-state index contributed by atoms with van der Waals surface area (Å²) in [4.78, 5) is 53.9. The minimum absolute atomic E-state index is 0.0444. The number of hydrogen-bond acceptors (Lipinski definition) is 12. The Morgan fingerprint density at radius 1 is 0.872 bits per heavy atom. The first kappa shape index (κ1) is 40.9. The van der Waals surface area contributed by atoms with Crippen molar-refractivity contribution < 1.29 is 55.8 Å². The third-order valence-corrected chi connectivity index (χ3v) is 11.3. The molecule has 4 unspecified atom stereocenters. The number of rotatable bonds is 20. The molecule has 0 aromatic heterocycles. The van der Waals surface area contributed by atoms with Gasteiger partial charge in [0.05, 0.1) is 41.8 Å². The summed E-state index contributed by atoms with van der Waals surface area (Å²) < 4.78 is 52.0. The molecule has 1 aliphatic carbocycles. The lowest BCUT2D eigenvalue weighted by atomic mass is 9.61. The van der Waals surface area contributed by atoms with Gasteiger partial charge in [-0.15, -0.1) is 0 Å². The summed E-state index contributed by atoms with van der Waals surface area (Å²) in [6.45, 7) is 11.8. The second-order valence-corrected chi connectivity index (χ2v) is 16.7. The van der Waals surface area contributed by atoms with Crippen LogP contribution in [0, 0.1) is 27.6 Å². The van der Waals surface area contributed by atoms with Gasteiger partial charge in [0.1, 0.15) is 19.4 Å². The summed E-state index contributed by atoms with van der Waals surface area (Å²) in [6, 6.07) is 0. The number of esters is 3. The largest absolute Gasteiger partial charge is 0.469 e. The van der Waals surface area contributed by atoms with Crippen molar-refractivity contribution in [3.05, 3.63) is 0 Å². The highest BCUT2D eigenvalue weighted by molar-refractivity contribution is 7.87. The third kappa shape index (κ3) is 11.7. The molecule has 1 saturated heterocycles. The molecule has 1 saturated carbocycles. The molecule has 2 N–H and O–H groups in total. The van der Waals surface area contributed by atoms with Gasteiger partial charge in [0.25, 0.3) is 10.1 Å². The number of carbonyl (C=O) groups is 4. The summed E-state index contributed by atoms with van der Waals surface area (Å²) in [5.74, 6) is -1.96. The van der Waals surface area contributed by atoms with Crippen LogP contribution in [0.2, 0.25) is 0 Å². The molecule has 4 atom stereocenters. The van der Waals surface area contributed by atoms with E-state index in [1.807, 2.05) is 0 Å².